The fourth-order valence-electron chi connectivity index (χ4n) is 4.77. The molecule has 1 atom stereocenters. The van der Waals surface area contributed by atoms with Gasteiger partial charge in [-0.2, -0.15) is 0 Å². The molecule has 0 unspecified atom stereocenters. The number of imidazole rings is 1. The first-order valence-corrected chi connectivity index (χ1v) is 11.7. The molecule has 1 fully saturated rings. The Morgan fingerprint density at radius 1 is 1.29 bits per heavy atom. The standard InChI is InChI=1S/C25H28N6O4/c1-35-17-5-6-20-19(13-17)18(7-10-26-20)23(32)15-30-11-8-16(9-12-30)27-14-24-28-21-3-2-4-22(31(33)34)25(21)29-24/h2-7,10,13,16,23,27,32H,8-9,11-12,14-15H2,1H3,(H,28,29)/t23-/m0/s1. The van der Waals surface area contributed by atoms with E-state index < -0.39 is 11.0 Å². The molecular formula is C25H28N6O4. The van der Waals surface area contributed by atoms with Gasteiger partial charge in [-0.3, -0.25) is 15.1 Å². The molecule has 1 aliphatic heterocycles. The van der Waals surface area contributed by atoms with Gasteiger partial charge in [0.1, 0.15) is 11.6 Å². The Labute approximate surface area is 202 Å². The van der Waals surface area contributed by atoms with Crippen molar-refractivity contribution in [3.8, 4) is 5.75 Å². The summed E-state index contributed by atoms with van der Waals surface area (Å²) in [7, 11) is 1.63. The quantitative estimate of drug-likeness (QED) is 0.261. The zero-order chi connectivity index (χ0) is 24.4. The SMILES string of the molecule is COc1ccc2nccc([C@@H](O)CN3CCC(NCc4nc5c([N+](=O)[O-])cccc5[nH]4)CC3)c2c1. The maximum absolute atomic E-state index is 11.2. The molecule has 0 radical (unpaired) electrons. The largest absolute Gasteiger partial charge is 0.497 e. The van der Waals surface area contributed by atoms with Gasteiger partial charge >= 0.3 is 0 Å². The monoisotopic (exact) mass is 476 g/mol. The summed E-state index contributed by atoms with van der Waals surface area (Å²) in [5, 5.41) is 26.6. The van der Waals surface area contributed by atoms with E-state index in [4.69, 9.17) is 4.74 Å². The highest BCUT2D eigenvalue weighted by Gasteiger charge is 2.23. The van der Waals surface area contributed by atoms with Crippen molar-refractivity contribution in [2.45, 2.75) is 31.5 Å². The van der Waals surface area contributed by atoms with Crippen LogP contribution in [0.25, 0.3) is 21.9 Å². The number of para-hydroxylation sites is 1. The van der Waals surface area contributed by atoms with Crippen molar-refractivity contribution < 1.29 is 14.8 Å². The Balaban J connectivity index is 1.16. The first-order chi connectivity index (χ1) is 17.0. The highest BCUT2D eigenvalue weighted by atomic mass is 16.6. The molecule has 10 heteroatoms. The molecular weight excluding hydrogens is 448 g/mol. The van der Waals surface area contributed by atoms with Gasteiger partial charge in [-0.05, 0) is 61.8 Å². The van der Waals surface area contributed by atoms with E-state index in [-0.39, 0.29) is 5.69 Å². The van der Waals surface area contributed by atoms with Crippen molar-refractivity contribution in [2.24, 2.45) is 0 Å². The van der Waals surface area contributed by atoms with Gasteiger partial charge in [-0.15, -0.1) is 0 Å². The van der Waals surface area contributed by atoms with Gasteiger partial charge in [-0.25, -0.2) is 4.98 Å². The minimum absolute atomic E-state index is 0.0114. The number of benzene rings is 2. The van der Waals surface area contributed by atoms with Crippen LogP contribution in [-0.4, -0.2) is 62.7 Å². The Morgan fingerprint density at radius 3 is 2.89 bits per heavy atom. The maximum atomic E-state index is 11.2. The first kappa shape index (κ1) is 23.2. The third kappa shape index (κ3) is 4.95. The van der Waals surface area contributed by atoms with Crippen molar-refractivity contribution in [3.63, 3.8) is 0 Å². The van der Waals surface area contributed by atoms with E-state index in [1.807, 2.05) is 24.3 Å². The van der Waals surface area contributed by atoms with Gasteiger partial charge in [0.25, 0.3) is 5.69 Å². The summed E-state index contributed by atoms with van der Waals surface area (Å²) in [6.07, 6.45) is 3.00. The fraction of sp³-hybridized carbons (Fsp3) is 0.360. The number of H-pyrrole nitrogens is 1. The van der Waals surface area contributed by atoms with Crippen molar-refractivity contribution in [2.75, 3.05) is 26.7 Å². The number of methoxy groups -OCH3 is 1. The molecule has 0 aliphatic carbocycles. The lowest BCUT2D eigenvalue weighted by molar-refractivity contribution is -0.383. The van der Waals surface area contributed by atoms with Crippen molar-refractivity contribution in [3.05, 3.63) is 70.2 Å². The second-order valence-electron chi connectivity index (χ2n) is 8.87. The van der Waals surface area contributed by atoms with Crippen LogP contribution in [-0.2, 0) is 6.54 Å². The number of non-ortho nitro benzene ring substituents is 1. The molecule has 1 aliphatic rings. The van der Waals surface area contributed by atoms with Gasteiger partial charge in [0, 0.05) is 30.2 Å². The first-order valence-electron chi connectivity index (χ1n) is 11.7. The average molecular weight is 477 g/mol. The van der Waals surface area contributed by atoms with E-state index in [2.05, 4.69) is 25.2 Å². The Morgan fingerprint density at radius 2 is 2.11 bits per heavy atom. The normalized spacial score (nSPS) is 16.1. The van der Waals surface area contributed by atoms with Gasteiger partial charge in [0.15, 0.2) is 5.52 Å². The third-order valence-corrected chi connectivity index (χ3v) is 6.66. The molecule has 2 aromatic carbocycles. The summed E-state index contributed by atoms with van der Waals surface area (Å²) < 4.78 is 5.34. The highest BCUT2D eigenvalue weighted by molar-refractivity contribution is 5.85. The van der Waals surface area contributed by atoms with Crippen LogP contribution in [0.1, 0.15) is 30.3 Å². The summed E-state index contributed by atoms with van der Waals surface area (Å²) in [6.45, 7) is 2.81. The van der Waals surface area contributed by atoms with Crippen LogP contribution >= 0.6 is 0 Å². The number of likely N-dealkylation sites (tertiary alicyclic amines) is 1. The number of ether oxygens (including phenoxy) is 1. The number of aromatic amines is 1. The molecule has 10 nitrogen and oxygen atoms in total. The van der Waals surface area contributed by atoms with Crippen LogP contribution in [0.2, 0.25) is 0 Å². The molecule has 182 valence electrons. The summed E-state index contributed by atoms with van der Waals surface area (Å²) in [5.74, 6) is 1.43. The Kier molecular flexibility index (Phi) is 6.58. The number of aliphatic hydroxyl groups is 1. The van der Waals surface area contributed by atoms with Crippen LogP contribution in [0, 0.1) is 10.1 Å². The number of pyridine rings is 1. The van der Waals surface area contributed by atoms with Crippen LogP contribution in [0.15, 0.2) is 48.7 Å². The number of aliphatic hydroxyl groups excluding tert-OH is 1. The van der Waals surface area contributed by atoms with E-state index in [0.29, 0.717) is 36.0 Å². The zero-order valence-electron chi connectivity index (χ0n) is 19.5. The van der Waals surface area contributed by atoms with E-state index in [9.17, 15) is 15.2 Å². The highest BCUT2D eigenvalue weighted by Crippen LogP contribution is 2.28. The molecule has 0 saturated carbocycles. The summed E-state index contributed by atoms with van der Waals surface area (Å²) in [4.78, 5) is 25.1. The summed E-state index contributed by atoms with van der Waals surface area (Å²) in [6, 6.07) is 12.8. The van der Waals surface area contributed by atoms with Gasteiger partial charge in [0.05, 0.1) is 35.7 Å². The van der Waals surface area contributed by atoms with Gasteiger partial charge in [0.2, 0.25) is 0 Å². The number of nitro groups is 1. The summed E-state index contributed by atoms with van der Waals surface area (Å²) in [5.41, 5.74) is 2.76. The number of rotatable bonds is 8. The smallest absolute Gasteiger partial charge is 0.297 e. The molecule has 0 amide bonds. The number of piperidine rings is 1. The lowest BCUT2D eigenvalue weighted by Gasteiger charge is -2.33. The minimum Gasteiger partial charge on any atom is -0.497 e. The number of nitro benzene ring substituents is 1. The van der Waals surface area contributed by atoms with E-state index in [0.717, 1.165) is 48.1 Å². The zero-order valence-corrected chi connectivity index (χ0v) is 19.5. The second kappa shape index (κ2) is 9.95. The van der Waals surface area contributed by atoms with E-state index >= 15 is 0 Å². The summed E-state index contributed by atoms with van der Waals surface area (Å²) >= 11 is 0. The van der Waals surface area contributed by atoms with Crippen LogP contribution in [0.4, 0.5) is 5.69 Å². The molecule has 3 heterocycles. The molecule has 2 aromatic heterocycles. The van der Waals surface area contributed by atoms with Crippen LogP contribution < -0.4 is 10.1 Å². The second-order valence-corrected chi connectivity index (χ2v) is 8.87. The number of nitrogens with zero attached hydrogens (tertiary/aromatic N) is 4. The maximum Gasteiger partial charge on any atom is 0.297 e. The topological polar surface area (TPSA) is 129 Å². The molecule has 5 rings (SSSR count). The van der Waals surface area contributed by atoms with Gasteiger partial charge < -0.3 is 25.0 Å². The number of fused-ring (bicyclic) bond motifs is 2. The minimum atomic E-state index is -0.622. The van der Waals surface area contributed by atoms with E-state index in [1.165, 1.54) is 6.07 Å². The van der Waals surface area contributed by atoms with Crippen molar-refractivity contribution >= 4 is 27.6 Å². The van der Waals surface area contributed by atoms with E-state index in [1.54, 1.807) is 25.4 Å². The van der Waals surface area contributed by atoms with Crippen LogP contribution in [0.3, 0.4) is 0 Å². The third-order valence-electron chi connectivity index (χ3n) is 6.66. The number of β-amino-alcohol motifs (C(OH)–C–C–N with tert-alkyl or cyclic N) is 1. The lowest BCUT2D eigenvalue weighted by atomic mass is 10.0. The lowest BCUT2D eigenvalue weighted by Crippen LogP contribution is -2.43. The predicted octanol–water partition coefficient (Wildman–Crippen LogP) is 3.32. The molecule has 3 N–H and O–H groups in total. The van der Waals surface area contributed by atoms with Crippen molar-refractivity contribution in [1.82, 2.24) is 25.2 Å². The number of hydrogen-bond acceptors (Lipinski definition) is 8. The Hall–Kier alpha value is -3.60. The number of hydrogen-bond donors (Lipinski definition) is 3. The van der Waals surface area contributed by atoms with Gasteiger partial charge in [-0.1, -0.05) is 6.07 Å². The molecule has 0 bridgehead atoms. The Bertz CT molecular complexity index is 1350. The molecule has 0 spiro atoms. The average Bonchev–Trinajstić information content (AvgIpc) is 3.30. The molecule has 1 saturated heterocycles. The van der Waals surface area contributed by atoms with Crippen LogP contribution in [0.5, 0.6) is 5.75 Å². The number of nitrogens with one attached hydrogen (secondary N) is 2. The number of aromatic nitrogens is 3. The van der Waals surface area contributed by atoms with Crippen molar-refractivity contribution in [1.29, 1.82) is 0 Å². The predicted molar refractivity (Wildman–Crippen MR) is 132 cm³/mol. The fourth-order valence-corrected chi connectivity index (χ4v) is 4.77. The molecule has 35 heavy (non-hydrogen) atoms. The molecule has 4 aromatic rings.